The van der Waals surface area contributed by atoms with Crippen LogP contribution in [0.4, 0.5) is 0 Å². The minimum atomic E-state index is -0.677. The third-order valence-corrected chi connectivity index (χ3v) is 6.32. The standard InChI is InChI=1S/C23H34O6/c1-5-14(3)23(26)29-19-9-13(2)8-16-7-6-15(4)22(21(16)19)27-12-18-10-17(24)11-20(25)28-18/h6-8,13-15,17-19,21-22,24H,5,9-12H2,1-4H3/t13-,14-,15-,17+,18-,19-,21+,22-/m0/s1. The molecule has 1 N–H and O–H groups in total. The fraction of sp³-hybridized carbons (Fsp3) is 0.739. The van der Waals surface area contributed by atoms with Gasteiger partial charge < -0.3 is 19.3 Å². The maximum absolute atomic E-state index is 12.5. The Hall–Kier alpha value is -1.66. The van der Waals surface area contributed by atoms with Gasteiger partial charge in [0.1, 0.15) is 12.2 Å². The summed E-state index contributed by atoms with van der Waals surface area (Å²) in [6, 6.07) is 0. The number of carbonyl (C=O) groups excluding carboxylic acids is 2. The molecule has 1 saturated heterocycles. The van der Waals surface area contributed by atoms with Gasteiger partial charge in [-0.25, -0.2) is 0 Å². The normalized spacial score (nSPS) is 37.9. The first-order chi connectivity index (χ1) is 13.8. The highest BCUT2D eigenvalue weighted by molar-refractivity contribution is 5.72. The molecule has 29 heavy (non-hydrogen) atoms. The SMILES string of the molecule is CC[C@H](C)C(=O)O[C@H]1C[C@@H](C)C=C2C=C[C@H](C)[C@H](OC[C@@H]3C[C@@H](O)CC(=O)O3)[C@H]21. The Morgan fingerprint density at radius 3 is 2.79 bits per heavy atom. The van der Waals surface area contributed by atoms with Crippen molar-refractivity contribution >= 4 is 11.9 Å². The molecule has 0 aromatic rings. The summed E-state index contributed by atoms with van der Waals surface area (Å²) in [5, 5.41) is 9.84. The van der Waals surface area contributed by atoms with Crippen molar-refractivity contribution in [2.75, 3.05) is 6.61 Å². The molecule has 0 aromatic heterocycles. The van der Waals surface area contributed by atoms with Crippen molar-refractivity contribution in [3.63, 3.8) is 0 Å². The third-order valence-electron chi connectivity index (χ3n) is 6.32. The molecule has 0 unspecified atom stereocenters. The van der Waals surface area contributed by atoms with E-state index >= 15 is 0 Å². The highest BCUT2D eigenvalue weighted by Crippen LogP contribution is 2.41. The molecule has 1 aliphatic heterocycles. The molecule has 0 spiro atoms. The summed E-state index contributed by atoms with van der Waals surface area (Å²) >= 11 is 0. The number of cyclic esters (lactones) is 1. The second-order valence-electron chi connectivity index (χ2n) is 8.91. The van der Waals surface area contributed by atoms with E-state index in [2.05, 4.69) is 32.1 Å². The van der Waals surface area contributed by atoms with Crippen molar-refractivity contribution < 1.29 is 28.9 Å². The van der Waals surface area contributed by atoms with Crippen molar-refractivity contribution in [3.05, 3.63) is 23.8 Å². The van der Waals surface area contributed by atoms with Crippen LogP contribution in [-0.4, -0.2) is 48.1 Å². The van der Waals surface area contributed by atoms with Crippen LogP contribution in [0.25, 0.3) is 0 Å². The Kier molecular flexibility index (Phi) is 7.17. The lowest BCUT2D eigenvalue weighted by Crippen LogP contribution is -2.47. The van der Waals surface area contributed by atoms with Crippen LogP contribution in [0, 0.1) is 23.7 Å². The summed E-state index contributed by atoms with van der Waals surface area (Å²) < 4.78 is 17.6. The number of aliphatic hydroxyl groups is 1. The second kappa shape index (κ2) is 9.43. The molecule has 6 nitrogen and oxygen atoms in total. The number of hydrogen-bond acceptors (Lipinski definition) is 6. The number of allylic oxidation sites excluding steroid dienone is 2. The fourth-order valence-electron chi connectivity index (χ4n) is 4.49. The van der Waals surface area contributed by atoms with Crippen LogP contribution in [0.5, 0.6) is 0 Å². The zero-order valence-electron chi connectivity index (χ0n) is 17.9. The van der Waals surface area contributed by atoms with E-state index in [1.807, 2.05) is 13.8 Å². The van der Waals surface area contributed by atoms with Gasteiger partial charge in [0.05, 0.1) is 31.2 Å². The third kappa shape index (κ3) is 5.28. The fourth-order valence-corrected chi connectivity index (χ4v) is 4.49. The van der Waals surface area contributed by atoms with Crippen molar-refractivity contribution in [2.24, 2.45) is 23.7 Å². The van der Waals surface area contributed by atoms with Crippen LogP contribution < -0.4 is 0 Å². The molecule has 3 aliphatic rings. The lowest BCUT2D eigenvalue weighted by molar-refractivity contribution is -0.172. The largest absolute Gasteiger partial charge is 0.461 e. The van der Waals surface area contributed by atoms with Gasteiger partial charge in [0.2, 0.25) is 0 Å². The first kappa shape index (κ1) is 22.0. The maximum atomic E-state index is 12.5. The minimum absolute atomic E-state index is 0.0385. The molecule has 2 aliphatic carbocycles. The predicted octanol–water partition coefficient (Wildman–Crippen LogP) is 3.18. The van der Waals surface area contributed by atoms with Gasteiger partial charge in [0.15, 0.2) is 0 Å². The van der Waals surface area contributed by atoms with Gasteiger partial charge in [0, 0.05) is 18.3 Å². The monoisotopic (exact) mass is 406 g/mol. The van der Waals surface area contributed by atoms with Gasteiger partial charge in [-0.1, -0.05) is 45.9 Å². The molecule has 0 radical (unpaired) electrons. The predicted molar refractivity (Wildman–Crippen MR) is 108 cm³/mol. The first-order valence-corrected chi connectivity index (χ1v) is 10.9. The summed E-state index contributed by atoms with van der Waals surface area (Å²) in [6.07, 6.45) is 6.91. The zero-order valence-corrected chi connectivity index (χ0v) is 17.9. The maximum Gasteiger partial charge on any atom is 0.308 e. The molecule has 3 rings (SSSR count). The lowest BCUT2D eigenvalue weighted by Gasteiger charge is -2.43. The first-order valence-electron chi connectivity index (χ1n) is 10.9. The molecule has 1 heterocycles. The van der Waals surface area contributed by atoms with Crippen LogP contribution in [0.2, 0.25) is 0 Å². The summed E-state index contributed by atoms with van der Waals surface area (Å²) in [5.74, 6) is -0.247. The van der Waals surface area contributed by atoms with Crippen LogP contribution >= 0.6 is 0 Å². The number of ether oxygens (including phenoxy) is 3. The van der Waals surface area contributed by atoms with E-state index in [9.17, 15) is 14.7 Å². The van der Waals surface area contributed by atoms with Gasteiger partial charge in [0.25, 0.3) is 0 Å². The molecule has 6 heteroatoms. The lowest BCUT2D eigenvalue weighted by atomic mass is 9.71. The minimum Gasteiger partial charge on any atom is -0.461 e. The van der Waals surface area contributed by atoms with Gasteiger partial charge in [-0.2, -0.15) is 0 Å². The Morgan fingerprint density at radius 1 is 1.34 bits per heavy atom. The zero-order chi connectivity index (χ0) is 21.1. The molecule has 8 atom stereocenters. The van der Waals surface area contributed by atoms with E-state index in [1.165, 1.54) is 0 Å². The Morgan fingerprint density at radius 2 is 2.10 bits per heavy atom. The Balaban J connectivity index is 1.74. The van der Waals surface area contributed by atoms with E-state index in [0.29, 0.717) is 12.3 Å². The summed E-state index contributed by atoms with van der Waals surface area (Å²) in [5.41, 5.74) is 1.15. The van der Waals surface area contributed by atoms with E-state index in [1.54, 1.807) is 0 Å². The van der Waals surface area contributed by atoms with Crippen molar-refractivity contribution in [1.29, 1.82) is 0 Å². The molecular formula is C23H34O6. The molecular weight excluding hydrogens is 372 g/mol. The Labute approximate surface area is 173 Å². The van der Waals surface area contributed by atoms with Crippen LogP contribution in [0.3, 0.4) is 0 Å². The van der Waals surface area contributed by atoms with E-state index < -0.39 is 12.2 Å². The number of fused-ring (bicyclic) bond motifs is 1. The average Bonchev–Trinajstić information content (AvgIpc) is 2.65. The van der Waals surface area contributed by atoms with E-state index in [0.717, 1.165) is 18.4 Å². The second-order valence-corrected chi connectivity index (χ2v) is 8.91. The number of esters is 2. The average molecular weight is 407 g/mol. The quantitative estimate of drug-likeness (QED) is 0.682. The summed E-state index contributed by atoms with van der Waals surface area (Å²) in [4.78, 5) is 24.1. The molecule has 0 bridgehead atoms. The van der Waals surface area contributed by atoms with Gasteiger partial charge in [-0.3, -0.25) is 9.59 Å². The molecule has 0 amide bonds. The number of rotatable bonds is 6. The number of aliphatic hydroxyl groups excluding tert-OH is 1. The van der Waals surface area contributed by atoms with Crippen LogP contribution in [-0.2, 0) is 23.8 Å². The number of carbonyl (C=O) groups is 2. The highest BCUT2D eigenvalue weighted by atomic mass is 16.6. The van der Waals surface area contributed by atoms with E-state index in [4.69, 9.17) is 14.2 Å². The summed E-state index contributed by atoms with van der Waals surface area (Å²) in [7, 11) is 0. The smallest absolute Gasteiger partial charge is 0.308 e. The van der Waals surface area contributed by atoms with Crippen LogP contribution in [0.15, 0.2) is 23.8 Å². The topological polar surface area (TPSA) is 82.1 Å². The van der Waals surface area contributed by atoms with E-state index in [-0.39, 0.29) is 54.9 Å². The van der Waals surface area contributed by atoms with Gasteiger partial charge in [-0.15, -0.1) is 0 Å². The number of hydrogen-bond donors (Lipinski definition) is 1. The summed E-state index contributed by atoms with van der Waals surface area (Å²) in [6.45, 7) is 8.34. The van der Waals surface area contributed by atoms with Gasteiger partial charge in [-0.05, 0) is 24.3 Å². The van der Waals surface area contributed by atoms with Gasteiger partial charge >= 0.3 is 11.9 Å². The van der Waals surface area contributed by atoms with Crippen molar-refractivity contribution in [2.45, 2.75) is 77.8 Å². The molecule has 0 saturated carbocycles. The van der Waals surface area contributed by atoms with Crippen molar-refractivity contribution in [3.8, 4) is 0 Å². The Bertz CT molecular complexity index is 668. The van der Waals surface area contributed by atoms with Crippen molar-refractivity contribution in [1.82, 2.24) is 0 Å². The molecule has 0 aromatic carbocycles. The molecule has 1 fully saturated rings. The molecule has 162 valence electrons. The highest BCUT2D eigenvalue weighted by Gasteiger charge is 2.43. The van der Waals surface area contributed by atoms with Crippen LogP contribution in [0.1, 0.15) is 53.4 Å².